The molecule has 3 rings (SSSR count). The zero-order valence-electron chi connectivity index (χ0n) is 16.6. The summed E-state index contributed by atoms with van der Waals surface area (Å²) in [6.07, 6.45) is 1.96. The van der Waals surface area contributed by atoms with Gasteiger partial charge in [-0.15, -0.1) is 0 Å². The molecule has 1 heterocycles. The van der Waals surface area contributed by atoms with Crippen molar-refractivity contribution in [3.8, 4) is 0 Å². The van der Waals surface area contributed by atoms with Gasteiger partial charge in [0, 0.05) is 14.0 Å². The van der Waals surface area contributed by atoms with Crippen LogP contribution < -0.4 is 5.32 Å². The Hall–Kier alpha value is -2.22. The first-order valence-corrected chi connectivity index (χ1v) is 10.7. The molecule has 0 bridgehead atoms. The molecule has 1 saturated heterocycles. The van der Waals surface area contributed by atoms with Gasteiger partial charge < -0.3 is 10.2 Å². The second-order valence-electron chi connectivity index (χ2n) is 7.01. The van der Waals surface area contributed by atoms with Crippen molar-refractivity contribution in [1.82, 2.24) is 10.2 Å². The Balaban J connectivity index is 0.000000221. The standard InChI is InChI=1S/C14H20N2O.C7H8O3S/c1-12(17)16(2)14(8-10-15-11-9-14)13-6-4-3-5-7-13;1-6-2-4-7(5-3-6)11(8,9)10/h3-7,15H,8-11H2,1-2H3;2-5H,1H3,(H,8,9,10). The number of carbonyl (C=O) groups excluding carboxylic acids is 1. The van der Waals surface area contributed by atoms with Gasteiger partial charge in [0.2, 0.25) is 5.91 Å². The second kappa shape index (κ2) is 9.32. The van der Waals surface area contributed by atoms with Gasteiger partial charge in [0.25, 0.3) is 10.1 Å². The molecule has 0 aromatic heterocycles. The highest BCUT2D eigenvalue weighted by molar-refractivity contribution is 7.85. The van der Waals surface area contributed by atoms with Crippen molar-refractivity contribution < 1.29 is 17.8 Å². The topological polar surface area (TPSA) is 86.7 Å². The highest BCUT2D eigenvalue weighted by atomic mass is 32.2. The molecule has 28 heavy (non-hydrogen) atoms. The molecule has 0 radical (unpaired) electrons. The molecule has 1 fully saturated rings. The highest BCUT2D eigenvalue weighted by Gasteiger charge is 2.38. The van der Waals surface area contributed by atoms with Crippen LogP contribution in [0.25, 0.3) is 0 Å². The molecular weight excluding hydrogens is 376 g/mol. The van der Waals surface area contributed by atoms with Crippen LogP contribution in [0.5, 0.6) is 0 Å². The number of amides is 1. The van der Waals surface area contributed by atoms with E-state index in [4.69, 9.17) is 4.55 Å². The van der Waals surface area contributed by atoms with Gasteiger partial charge in [-0.05, 0) is 50.6 Å². The molecule has 7 heteroatoms. The number of carbonyl (C=O) groups is 1. The predicted octanol–water partition coefficient (Wildman–Crippen LogP) is 2.99. The van der Waals surface area contributed by atoms with E-state index in [1.54, 1.807) is 19.1 Å². The monoisotopic (exact) mass is 404 g/mol. The fourth-order valence-electron chi connectivity index (χ4n) is 3.42. The van der Waals surface area contributed by atoms with Gasteiger partial charge in [-0.25, -0.2) is 0 Å². The number of benzene rings is 2. The van der Waals surface area contributed by atoms with Crippen molar-refractivity contribution in [3.05, 3.63) is 65.7 Å². The Labute approximate surface area is 167 Å². The van der Waals surface area contributed by atoms with E-state index in [9.17, 15) is 13.2 Å². The molecule has 1 aliphatic rings. The van der Waals surface area contributed by atoms with E-state index in [2.05, 4.69) is 17.4 Å². The lowest BCUT2D eigenvalue weighted by atomic mass is 9.80. The minimum atomic E-state index is -4.02. The summed E-state index contributed by atoms with van der Waals surface area (Å²) >= 11 is 0. The normalized spacial score (nSPS) is 15.9. The molecule has 0 atom stereocenters. The third kappa shape index (κ3) is 5.41. The first-order chi connectivity index (χ1) is 13.2. The van der Waals surface area contributed by atoms with Crippen molar-refractivity contribution in [1.29, 1.82) is 0 Å². The molecule has 152 valence electrons. The molecule has 1 aliphatic heterocycles. The summed E-state index contributed by atoms with van der Waals surface area (Å²) < 4.78 is 29.6. The first kappa shape index (κ1) is 22.1. The quantitative estimate of drug-likeness (QED) is 0.768. The van der Waals surface area contributed by atoms with Crippen LogP contribution in [-0.2, 0) is 20.5 Å². The predicted molar refractivity (Wildman–Crippen MR) is 110 cm³/mol. The zero-order valence-corrected chi connectivity index (χ0v) is 17.4. The fraction of sp³-hybridized carbons (Fsp3) is 0.381. The molecule has 2 N–H and O–H groups in total. The molecule has 1 amide bonds. The number of nitrogens with zero attached hydrogens (tertiary/aromatic N) is 1. The SMILES string of the molecule is CC(=O)N(C)C1(c2ccccc2)CCNCC1.Cc1ccc(S(=O)(=O)O)cc1. The Bertz CT molecular complexity index is 874. The lowest BCUT2D eigenvalue weighted by Crippen LogP contribution is -2.52. The summed E-state index contributed by atoms with van der Waals surface area (Å²) in [5.74, 6) is 0.135. The summed E-state index contributed by atoms with van der Waals surface area (Å²) in [7, 11) is -2.10. The molecule has 6 nitrogen and oxygen atoms in total. The number of hydrogen-bond acceptors (Lipinski definition) is 4. The molecule has 0 unspecified atom stereocenters. The summed E-state index contributed by atoms with van der Waals surface area (Å²) in [6.45, 7) is 5.42. The number of nitrogens with one attached hydrogen (secondary N) is 1. The van der Waals surface area contributed by atoms with Crippen LogP contribution in [0.1, 0.15) is 30.9 Å². The Morgan fingerprint density at radius 1 is 1.04 bits per heavy atom. The van der Waals surface area contributed by atoms with Gasteiger partial charge in [-0.3, -0.25) is 9.35 Å². The van der Waals surface area contributed by atoms with Crippen LogP contribution in [0.15, 0.2) is 59.5 Å². The third-order valence-corrected chi connectivity index (χ3v) is 6.04. The van der Waals surface area contributed by atoms with Crippen molar-refractivity contribution >= 4 is 16.0 Å². The maximum Gasteiger partial charge on any atom is 0.294 e. The van der Waals surface area contributed by atoms with Crippen LogP contribution in [-0.4, -0.2) is 43.9 Å². The fourth-order valence-corrected chi connectivity index (χ4v) is 3.90. The number of piperidine rings is 1. The summed E-state index contributed by atoms with van der Waals surface area (Å²) in [6, 6.07) is 16.4. The molecular formula is C21H28N2O4S. The van der Waals surface area contributed by atoms with E-state index in [1.165, 1.54) is 17.7 Å². The summed E-state index contributed by atoms with van der Waals surface area (Å²) in [5.41, 5.74) is 2.08. The largest absolute Gasteiger partial charge is 0.336 e. The number of aryl methyl sites for hydroxylation is 1. The van der Waals surface area contributed by atoms with Gasteiger partial charge in [0.1, 0.15) is 0 Å². The van der Waals surface area contributed by atoms with Gasteiger partial charge >= 0.3 is 0 Å². The Morgan fingerprint density at radius 3 is 2.04 bits per heavy atom. The lowest BCUT2D eigenvalue weighted by Gasteiger charge is -2.45. The van der Waals surface area contributed by atoms with Crippen LogP contribution in [0.3, 0.4) is 0 Å². The van der Waals surface area contributed by atoms with Crippen LogP contribution in [0.2, 0.25) is 0 Å². The second-order valence-corrected chi connectivity index (χ2v) is 8.44. The maximum atomic E-state index is 11.7. The average molecular weight is 405 g/mol. The maximum absolute atomic E-state index is 11.7. The highest BCUT2D eigenvalue weighted by Crippen LogP contribution is 2.36. The molecule has 0 aliphatic carbocycles. The minimum Gasteiger partial charge on any atom is -0.336 e. The van der Waals surface area contributed by atoms with Gasteiger partial charge in [-0.2, -0.15) is 8.42 Å². The van der Waals surface area contributed by atoms with Crippen LogP contribution >= 0.6 is 0 Å². The van der Waals surface area contributed by atoms with E-state index >= 15 is 0 Å². The molecule has 0 saturated carbocycles. The smallest absolute Gasteiger partial charge is 0.294 e. The lowest BCUT2D eigenvalue weighted by molar-refractivity contribution is -0.134. The van der Waals surface area contributed by atoms with Crippen LogP contribution in [0.4, 0.5) is 0 Å². The zero-order chi connectivity index (χ0) is 20.8. The van der Waals surface area contributed by atoms with Crippen molar-refractivity contribution in [2.45, 2.75) is 37.1 Å². The van der Waals surface area contributed by atoms with E-state index in [0.29, 0.717) is 0 Å². The molecule has 0 spiro atoms. The molecule has 2 aromatic carbocycles. The first-order valence-electron chi connectivity index (χ1n) is 9.21. The van der Waals surface area contributed by atoms with E-state index < -0.39 is 10.1 Å². The Morgan fingerprint density at radius 2 is 1.57 bits per heavy atom. The van der Waals surface area contributed by atoms with Crippen molar-refractivity contribution in [2.24, 2.45) is 0 Å². The summed E-state index contributed by atoms with van der Waals surface area (Å²) in [4.78, 5) is 13.6. The average Bonchev–Trinajstić information content (AvgIpc) is 2.68. The van der Waals surface area contributed by atoms with Crippen molar-refractivity contribution in [2.75, 3.05) is 20.1 Å². The minimum absolute atomic E-state index is 0.0666. The van der Waals surface area contributed by atoms with Gasteiger partial charge in [0.15, 0.2) is 0 Å². The van der Waals surface area contributed by atoms with E-state index in [0.717, 1.165) is 31.5 Å². The van der Waals surface area contributed by atoms with E-state index in [-0.39, 0.29) is 16.3 Å². The third-order valence-electron chi connectivity index (χ3n) is 5.18. The van der Waals surface area contributed by atoms with Crippen molar-refractivity contribution in [3.63, 3.8) is 0 Å². The number of hydrogen-bond donors (Lipinski definition) is 2. The van der Waals surface area contributed by atoms with Gasteiger partial charge in [0.05, 0.1) is 10.4 Å². The number of rotatable bonds is 3. The molecule has 2 aromatic rings. The van der Waals surface area contributed by atoms with E-state index in [1.807, 2.05) is 37.1 Å². The van der Waals surface area contributed by atoms with Crippen LogP contribution in [0, 0.1) is 6.92 Å². The summed E-state index contributed by atoms with van der Waals surface area (Å²) in [5, 5.41) is 3.37. The van der Waals surface area contributed by atoms with Gasteiger partial charge in [-0.1, -0.05) is 48.0 Å². The Kier molecular flexibility index (Phi) is 7.35.